The minimum atomic E-state index is -0.752. The van der Waals surface area contributed by atoms with E-state index >= 15 is 0 Å². The van der Waals surface area contributed by atoms with Crippen LogP contribution in [-0.4, -0.2) is 17.0 Å². The Kier molecular flexibility index (Phi) is 4.81. The maximum Gasteiger partial charge on any atom is 0.306 e. The number of benzene rings is 1. The number of hydrogen-bond acceptors (Lipinski definition) is 1. The summed E-state index contributed by atoms with van der Waals surface area (Å²) in [6, 6.07) is 8.02. The van der Waals surface area contributed by atoms with Crippen LogP contribution in [0.15, 0.2) is 24.3 Å². The number of carbonyl (C=O) groups is 1. The van der Waals surface area contributed by atoms with Gasteiger partial charge >= 0.3 is 5.97 Å². The first kappa shape index (κ1) is 13.0. The van der Waals surface area contributed by atoms with Gasteiger partial charge in [-0.15, -0.1) is 11.6 Å². The molecule has 0 bridgehead atoms. The van der Waals surface area contributed by atoms with Gasteiger partial charge in [-0.05, 0) is 23.5 Å². The molecule has 88 valence electrons. The lowest BCUT2D eigenvalue weighted by molar-refractivity contribution is -0.141. The van der Waals surface area contributed by atoms with Crippen LogP contribution < -0.4 is 0 Å². The smallest absolute Gasteiger partial charge is 0.306 e. The Balaban J connectivity index is 2.77. The molecule has 0 aliphatic heterocycles. The average molecular weight is 241 g/mol. The summed E-state index contributed by atoms with van der Waals surface area (Å²) >= 11 is 5.65. The Bertz CT molecular complexity index is 345. The molecule has 3 heteroatoms. The van der Waals surface area contributed by atoms with Gasteiger partial charge in [-0.3, -0.25) is 4.79 Å². The van der Waals surface area contributed by atoms with Crippen LogP contribution in [0.1, 0.15) is 30.9 Å². The second-order valence-corrected chi connectivity index (χ2v) is 4.47. The summed E-state index contributed by atoms with van der Waals surface area (Å²) in [5, 5.41) is 8.94. The van der Waals surface area contributed by atoms with Crippen LogP contribution >= 0.6 is 11.6 Å². The lowest BCUT2D eigenvalue weighted by atomic mass is 9.88. The molecule has 2 unspecified atom stereocenters. The molecule has 1 aromatic carbocycles. The van der Waals surface area contributed by atoms with E-state index in [1.54, 1.807) is 6.92 Å². The monoisotopic (exact) mass is 240 g/mol. The first-order valence-corrected chi connectivity index (χ1v) is 5.97. The predicted octanol–water partition coefficient (Wildman–Crippen LogP) is 3.29. The summed E-state index contributed by atoms with van der Waals surface area (Å²) in [4.78, 5) is 10.9. The highest BCUT2D eigenvalue weighted by Gasteiger charge is 2.20. The van der Waals surface area contributed by atoms with Crippen molar-refractivity contribution in [2.24, 2.45) is 5.92 Å². The van der Waals surface area contributed by atoms with Crippen LogP contribution in [0.2, 0.25) is 0 Å². The van der Waals surface area contributed by atoms with E-state index in [-0.39, 0.29) is 11.8 Å². The fourth-order valence-electron chi connectivity index (χ4n) is 1.60. The third-order valence-corrected chi connectivity index (χ3v) is 3.22. The van der Waals surface area contributed by atoms with Crippen molar-refractivity contribution >= 4 is 17.6 Å². The van der Waals surface area contributed by atoms with Crippen LogP contribution in [0.5, 0.6) is 0 Å². The Morgan fingerprint density at radius 1 is 1.31 bits per heavy atom. The zero-order chi connectivity index (χ0) is 12.1. The van der Waals surface area contributed by atoms with E-state index in [9.17, 15) is 4.79 Å². The molecule has 0 aromatic heterocycles. The summed E-state index contributed by atoms with van der Waals surface area (Å²) in [5.41, 5.74) is 2.25. The van der Waals surface area contributed by atoms with Gasteiger partial charge in [0.2, 0.25) is 0 Å². The molecular weight excluding hydrogens is 224 g/mol. The normalized spacial score (nSPS) is 14.4. The Labute approximate surface area is 101 Å². The van der Waals surface area contributed by atoms with Crippen molar-refractivity contribution in [3.05, 3.63) is 35.4 Å². The zero-order valence-corrected chi connectivity index (χ0v) is 10.4. The van der Waals surface area contributed by atoms with Gasteiger partial charge in [-0.1, -0.05) is 38.1 Å². The number of halogens is 1. The van der Waals surface area contributed by atoms with Crippen LogP contribution in [-0.2, 0) is 11.2 Å². The van der Waals surface area contributed by atoms with Crippen molar-refractivity contribution in [1.29, 1.82) is 0 Å². The summed E-state index contributed by atoms with van der Waals surface area (Å²) in [6.07, 6.45) is 0.852. The van der Waals surface area contributed by atoms with Gasteiger partial charge in [0.05, 0.1) is 5.92 Å². The highest BCUT2D eigenvalue weighted by molar-refractivity contribution is 6.17. The van der Waals surface area contributed by atoms with Crippen molar-refractivity contribution < 1.29 is 9.90 Å². The SMILES string of the molecule is CC(C(=O)O)C(C)c1ccc(CCCl)cc1. The van der Waals surface area contributed by atoms with E-state index in [0.29, 0.717) is 5.88 Å². The second-order valence-electron chi connectivity index (χ2n) is 4.10. The number of carboxylic acids is 1. The minimum Gasteiger partial charge on any atom is -0.481 e. The lowest BCUT2D eigenvalue weighted by Crippen LogP contribution is -2.16. The van der Waals surface area contributed by atoms with Crippen LogP contribution in [0.3, 0.4) is 0 Å². The summed E-state index contributed by atoms with van der Waals surface area (Å²) in [7, 11) is 0. The standard InChI is InChI=1S/C13H17ClO2/c1-9(10(2)13(15)16)12-5-3-11(4-6-12)7-8-14/h3-6,9-10H,7-8H2,1-2H3,(H,15,16). The Hall–Kier alpha value is -1.02. The van der Waals surface area contributed by atoms with Crippen molar-refractivity contribution in [2.75, 3.05) is 5.88 Å². The third-order valence-electron chi connectivity index (χ3n) is 3.03. The van der Waals surface area contributed by atoms with Crippen LogP contribution in [0, 0.1) is 5.92 Å². The van der Waals surface area contributed by atoms with Gasteiger partial charge < -0.3 is 5.11 Å². The molecule has 2 atom stereocenters. The van der Waals surface area contributed by atoms with Gasteiger partial charge in [0.15, 0.2) is 0 Å². The van der Waals surface area contributed by atoms with E-state index < -0.39 is 5.97 Å². The molecule has 0 aliphatic carbocycles. The van der Waals surface area contributed by atoms with Crippen LogP contribution in [0.4, 0.5) is 0 Å². The average Bonchev–Trinajstić information content (AvgIpc) is 2.28. The molecule has 0 saturated carbocycles. The molecule has 0 saturated heterocycles. The topological polar surface area (TPSA) is 37.3 Å². The van der Waals surface area contributed by atoms with Gasteiger partial charge in [-0.25, -0.2) is 0 Å². The molecule has 2 nitrogen and oxygen atoms in total. The molecule has 0 radical (unpaired) electrons. The zero-order valence-electron chi connectivity index (χ0n) is 9.61. The quantitative estimate of drug-likeness (QED) is 0.802. The van der Waals surface area contributed by atoms with E-state index in [2.05, 4.69) is 0 Å². The van der Waals surface area contributed by atoms with Crippen molar-refractivity contribution in [3.63, 3.8) is 0 Å². The minimum absolute atomic E-state index is 0.0301. The number of aryl methyl sites for hydroxylation is 1. The first-order valence-electron chi connectivity index (χ1n) is 5.44. The molecule has 0 aliphatic rings. The van der Waals surface area contributed by atoms with Crippen molar-refractivity contribution in [2.45, 2.75) is 26.2 Å². The van der Waals surface area contributed by atoms with Crippen molar-refractivity contribution in [1.82, 2.24) is 0 Å². The molecule has 1 aromatic rings. The van der Waals surface area contributed by atoms with E-state index in [4.69, 9.17) is 16.7 Å². The number of rotatable bonds is 5. The lowest BCUT2D eigenvalue weighted by Gasteiger charge is -2.16. The number of alkyl halides is 1. The third kappa shape index (κ3) is 3.24. The van der Waals surface area contributed by atoms with E-state index in [1.807, 2.05) is 31.2 Å². The highest BCUT2D eigenvalue weighted by atomic mass is 35.5. The predicted molar refractivity (Wildman–Crippen MR) is 66.1 cm³/mol. The van der Waals surface area contributed by atoms with Crippen molar-refractivity contribution in [3.8, 4) is 0 Å². The summed E-state index contributed by atoms with van der Waals surface area (Å²) < 4.78 is 0. The summed E-state index contributed by atoms with van der Waals surface area (Å²) in [6.45, 7) is 3.68. The maximum atomic E-state index is 10.9. The number of hydrogen-bond donors (Lipinski definition) is 1. The highest BCUT2D eigenvalue weighted by Crippen LogP contribution is 2.24. The molecule has 16 heavy (non-hydrogen) atoms. The first-order chi connectivity index (χ1) is 7.56. The Morgan fingerprint density at radius 2 is 1.88 bits per heavy atom. The molecular formula is C13H17ClO2. The second kappa shape index (κ2) is 5.90. The van der Waals surface area contributed by atoms with Gasteiger partial charge in [0.25, 0.3) is 0 Å². The largest absolute Gasteiger partial charge is 0.481 e. The van der Waals surface area contributed by atoms with Gasteiger partial charge in [-0.2, -0.15) is 0 Å². The molecule has 0 spiro atoms. The van der Waals surface area contributed by atoms with E-state index in [1.165, 1.54) is 5.56 Å². The number of aliphatic carboxylic acids is 1. The molecule has 1 rings (SSSR count). The molecule has 0 heterocycles. The van der Waals surface area contributed by atoms with Gasteiger partial charge in [0.1, 0.15) is 0 Å². The fraction of sp³-hybridized carbons (Fsp3) is 0.462. The molecule has 0 fully saturated rings. The van der Waals surface area contributed by atoms with E-state index in [0.717, 1.165) is 12.0 Å². The molecule has 1 N–H and O–H groups in total. The summed E-state index contributed by atoms with van der Waals surface area (Å²) in [5.74, 6) is -0.473. The fourth-order valence-corrected chi connectivity index (χ4v) is 1.82. The van der Waals surface area contributed by atoms with Gasteiger partial charge in [0, 0.05) is 5.88 Å². The van der Waals surface area contributed by atoms with Crippen LogP contribution in [0.25, 0.3) is 0 Å². The number of carboxylic acid groups (broad SMARTS) is 1. The Morgan fingerprint density at radius 3 is 2.31 bits per heavy atom. The maximum absolute atomic E-state index is 10.9. The molecule has 0 amide bonds.